The minimum Gasteiger partial charge on any atom is -0.339 e. The van der Waals surface area contributed by atoms with Crippen molar-refractivity contribution in [3.05, 3.63) is 23.8 Å². The monoisotopic (exact) mass is 356 g/mol. The Morgan fingerprint density at radius 1 is 1.19 bits per heavy atom. The van der Waals surface area contributed by atoms with E-state index in [4.69, 9.17) is 0 Å². The molecule has 3 fully saturated rings. The van der Waals surface area contributed by atoms with E-state index in [2.05, 4.69) is 14.9 Å². The summed E-state index contributed by atoms with van der Waals surface area (Å²) < 4.78 is 0. The fraction of sp³-hybridized carbons (Fsp3) is 0.700. The van der Waals surface area contributed by atoms with Crippen molar-refractivity contribution in [2.24, 2.45) is 5.41 Å². The van der Waals surface area contributed by atoms with Crippen LogP contribution in [-0.2, 0) is 4.79 Å². The van der Waals surface area contributed by atoms with Crippen molar-refractivity contribution in [1.82, 2.24) is 19.8 Å². The van der Waals surface area contributed by atoms with E-state index in [9.17, 15) is 9.59 Å². The summed E-state index contributed by atoms with van der Waals surface area (Å²) in [5.41, 5.74) is 1.55. The van der Waals surface area contributed by atoms with Gasteiger partial charge in [0, 0.05) is 38.3 Å². The third-order valence-corrected chi connectivity index (χ3v) is 6.71. The van der Waals surface area contributed by atoms with E-state index >= 15 is 0 Å². The molecule has 4 rings (SSSR count). The smallest absolute Gasteiger partial charge is 0.257 e. The molecule has 0 radical (unpaired) electrons. The highest BCUT2D eigenvalue weighted by Crippen LogP contribution is 2.42. The van der Waals surface area contributed by atoms with Gasteiger partial charge in [-0.3, -0.25) is 9.59 Å². The van der Waals surface area contributed by atoms with E-state index in [0.29, 0.717) is 23.9 Å². The van der Waals surface area contributed by atoms with Gasteiger partial charge in [0.15, 0.2) is 0 Å². The molecular formula is C20H28N4O2. The van der Waals surface area contributed by atoms with Gasteiger partial charge in [-0.15, -0.1) is 0 Å². The number of hydrogen-bond donors (Lipinski definition) is 0. The number of carbonyl (C=O) groups is 2. The summed E-state index contributed by atoms with van der Waals surface area (Å²) >= 11 is 0. The number of piperidine rings is 2. The summed E-state index contributed by atoms with van der Waals surface area (Å²) in [6, 6.07) is 0.462. The van der Waals surface area contributed by atoms with Crippen molar-refractivity contribution >= 4 is 11.8 Å². The van der Waals surface area contributed by atoms with Crippen molar-refractivity contribution in [1.29, 1.82) is 0 Å². The maximum absolute atomic E-state index is 12.8. The highest BCUT2D eigenvalue weighted by molar-refractivity contribution is 5.95. The molecule has 1 saturated carbocycles. The fourth-order valence-corrected chi connectivity index (χ4v) is 4.96. The molecule has 1 aromatic rings. The third-order valence-electron chi connectivity index (χ3n) is 6.71. The quantitative estimate of drug-likeness (QED) is 0.817. The van der Waals surface area contributed by atoms with Gasteiger partial charge >= 0.3 is 0 Å². The average Bonchev–Trinajstić information content (AvgIpc) is 3.19. The zero-order valence-corrected chi connectivity index (χ0v) is 15.6. The van der Waals surface area contributed by atoms with Crippen molar-refractivity contribution in [3.8, 4) is 0 Å². The highest BCUT2D eigenvalue weighted by atomic mass is 16.2. The lowest BCUT2D eigenvalue weighted by Crippen LogP contribution is -2.54. The number of likely N-dealkylation sites (tertiary alicyclic amines) is 2. The van der Waals surface area contributed by atoms with Crippen LogP contribution in [0.2, 0.25) is 0 Å². The van der Waals surface area contributed by atoms with Crippen LogP contribution in [0, 0.1) is 12.3 Å². The Balaban J connectivity index is 1.41. The second-order valence-corrected chi connectivity index (χ2v) is 8.27. The summed E-state index contributed by atoms with van der Waals surface area (Å²) in [4.78, 5) is 37.5. The van der Waals surface area contributed by atoms with Gasteiger partial charge < -0.3 is 9.80 Å². The summed E-state index contributed by atoms with van der Waals surface area (Å²) in [6.07, 6.45) is 11.6. The first-order valence-electron chi connectivity index (χ1n) is 9.93. The van der Waals surface area contributed by atoms with E-state index in [0.717, 1.165) is 44.6 Å². The third kappa shape index (κ3) is 3.21. The summed E-state index contributed by atoms with van der Waals surface area (Å²) in [5, 5.41) is 0. The molecule has 140 valence electrons. The Kier molecular flexibility index (Phi) is 4.67. The molecule has 6 heteroatoms. The van der Waals surface area contributed by atoms with Gasteiger partial charge in [0.1, 0.15) is 6.33 Å². The van der Waals surface area contributed by atoms with Gasteiger partial charge in [-0.05, 0) is 44.4 Å². The second kappa shape index (κ2) is 6.97. The molecule has 1 aliphatic carbocycles. The number of rotatable bonds is 2. The van der Waals surface area contributed by atoms with Crippen LogP contribution < -0.4 is 0 Å². The first-order chi connectivity index (χ1) is 12.6. The molecule has 2 aliphatic heterocycles. The molecule has 1 aromatic heterocycles. The Hall–Kier alpha value is -1.98. The number of hydrogen-bond acceptors (Lipinski definition) is 4. The van der Waals surface area contributed by atoms with E-state index in [1.807, 2.05) is 11.8 Å². The number of aryl methyl sites for hydroxylation is 1. The van der Waals surface area contributed by atoms with E-state index in [-0.39, 0.29) is 11.3 Å². The first kappa shape index (κ1) is 17.4. The van der Waals surface area contributed by atoms with Crippen molar-refractivity contribution in [3.63, 3.8) is 0 Å². The van der Waals surface area contributed by atoms with E-state index in [1.54, 1.807) is 6.20 Å². The predicted molar refractivity (Wildman–Crippen MR) is 97.5 cm³/mol. The molecule has 0 aromatic carbocycles. The number of amides is 2. The number of carbonyl (C=O) groups excluding carboxylic acids is 2. The van der Waals surface area contributed by atoms with Gasteiger partial charge in [0.25, 0.3) is 5.91 Å². The van der Waals surface area contributed by atoms with Crippen LogP contribution in [0.5, 0.6) is 0 Å². The largest absolute Gasteiger partial charge is 0.339 e. The minimum absolute atomic E-state index is 0.0393. The SMILES string of the molecule is Cc1ncncc1C(=O)N1CCC2(CCC(=O)N(C3CCCC3)C2)CC1. The molecule has 0 atom stereocenters. The molecule has 0 N–H and O–H groups in total. The van der Waals surface area contributed by atoms with Gasteiger partial charge in [-0.1, -0.05) is 12.8 Å². The number of aromatic nitrogens is 2. The minimum atomic E-state index is 0.0393. The molecule has 2 amide bonds. The van der Waals surface area contributed by atoms with Gasteiger partial charge in [-0.2, -0.15) is 0 Å². The molecule has 6 nitrogen and oxygen atoms in total. The van der Waals surface area contributed by atoms with Crippen LogP contribution in [-0.4, -0.2) is 57.3 Å². The van der Waals surface area contributed by atoms with Gasteiger partial charge in [0.2, 0.25) is 5.91 Å². The predicted octanol–water partition coefficient (Wildman–Crippen LogP) is 2.57. The Morgan fingerprint density at radius 2 is 1.92 bits per heavy atom. The molecular weight excluding hydrogens is 328 g/mol. The Bertz CT molecular complexity index is 691. The number of nitrogens with zero attached hydrogens (tertiary/aromatic N) is 4. The summed E-state index contributed by atoms with van der Waals surface area (Å²) in [6.45, 7) is 4.28. The lowest BCUT2D eigenvalue weighted by Gasteiger charge is -2.49. The topological polar surface area (TPSA) is 66.4 Å². The second-order valence-electron chi connectivity index (χ2n) is 8.27. The zero-order valence-electron chi connectivity index (χ0n) is 15.6. The average molecular weight is 356 g/mol. The van der Waals surface area contributed by atoms with Crippen molar-refractivity contribution in [2.75, 3.05) is 19.6 Å². The van der Waals surface area contributed by atoms with E-state index in [1.165, 1.54) is 32.0 Å². The zero-order chi connectivity index (χ0) is 18.1. The van der Waals surface area contributed by atoms with Crippen LogP contribution in [0.15, 0.2) is 12.5 Å². The normalized spacial score (nSPS) is 23.7. The molecule has 26 heavy (non-hydrogen) atoms. The maximum atomic E-state index is 12.8. The highest BCUT2D eigenvalue weighted by Gasteiger charge is 2.43. The fourth-order valence-electron chi connectivity index (χ4n) is 4.96. The van der Waals surface area contributed by atoms with Crippen LogP contribution >= 0.6 is 0 Å². The van der Waals surface area contributed by atoms with Crippen LogP contribution in [0.4, 0.5) is 0 Å². The molecule has 1 spiro atoms. The molecule has 3 heterocycles. The molecule has 3 aliphatic rings. The maximum Gasteiger partial charge on any atom is 0.257 e. The molecule has 2 saturated heterocycles. The van der Waals surface area contributed by atoms with Gasteiger partial charge in [-0.25, -0.2) is 9.97 Å². The summed E-state index contributed by atoms with van der Waals surface area (Å²) in [5.74, 6) is 0.385. The first-order valence-corrected chi connectivity index (χ1v) is 9.93. The molecule has 0 unspecified atom stereocenters. The van der Waals surface area contributed by atoms with E-state index < -0.39 is 0 Å². The Morgan fingerprint density at radius 3 is 2.62 bits per heavy atom. The van der Waals surface area contributed by atoms with Crippen molar-refractivity contribution < 1.29 is 9.59 Å². The standard InChI is InChI=1S/C20H28N4O2/c1-15-17(12-21-14-22-15)19(26)23-10-8-20(9-11-23)7-6-18(25)24(13-20)16-4-2-3-5-16/h12,14,16H,2-11,13H2,1H3. The lowest BCUT2D eigenvalue weighted by molar-refractivity contribution is -0.142. The van der Waals surface area contributed by atoms with Crippen LogP contribution in [0.3, 0.4) is 0 Å². The summed E-state index contributed by atoms with van der Waals surface area (Å²) in [7, 11) is 0. The molecule has 0 bridgehead atoms. The van der Waals surface area contributed by atoms with Crippen molar-refractivity contribution in [2.45, 2.75) is 64.3 Å². The van der Waals surface area contributed by atoms with Crippen LogP contribution in [0.1, 0.15) is 67.4 Å². The lowest BCUT2D eigenvalue weighted by atomic mass is 9.72. The Labute approximate surface area is 155 Å². The van der Waals surface area contributed by atoms with Gasteiger partial charge in [0.05, 0.1) is 11.3 Å². The van der Waals surface area contributed by atoms with Crippen LogP contribution in [0.25, 0.3) is 0 Å².